The summed E-state index contributed by atoms with van der Waals surface area (Å²) < 4.78 is 38.0. The second-order valence-corrected chi connectivity index (χ2v) is 12.0. The Labute approximate surface area is 212 Å². The van der Waals surface area contributed by atoms with Gasteiger partial charge in [-0.05, 0) is 44.9 Å². The number of anilines is 2. The van der Waals surface area contributed by atoms with Gasteiger partial charge in [0.25, 0.3) is 0 Å². The summed E-state index contributed by atoms with van der Waals surface area (Å²) in [5.41, 5.74) is 7.52. The topological polar surface area (TPSA) is 124 Å². The molecule has 10 nitrogen and oxygen atoms in total. The van der Waals surface area contributed by atoms with Crippen LogP contribution >= 0.6 is 0 Å². The number of hydrogen-bond acceptors (Lipinski definition) is 9. The molecule has 0 aliphatic carbocycles. The molecule has 3 aromatic rings. The van der Waals surface area contributed by atoms with E-state index in [1.807, 2.05) is 30.1 Å². The quantitative estimate of drug-likeness (QED) is 0.483. The van der Waals surface area contributed by atoms with E-state index in [9.17, 15) is 8.42 Å². The largest absolute Gasteiger partial charge is 0.493 e. The van der Waals surface area contributed by atoms with Crippen LogP contribution in [0.2, 0.25) is 0 Å². The van der Waals surface area contributed by atoms with Crippen molar-refractivity contribution in [3.05, 3.63) is 42.2 Å². The molecule has 0 spiro atoms. The maximum Gasteiger partial charge on any atom is 0.227 e. The molecular weight excluding hydrogens is 480 g/mol. The highest BCUT2D eigenvalue weighted by Crippen LogP contribution is 2.38. The molecular formula is C25H34N6O4S. The highest BCUT2D eigenvalue weighted by atomic mass is 32.2. The Kier molecular flexibility index (Phi) is 7.24. The van der Waals surface area contributed by atoms with Gasteiger partial charge in [-0.2, -0.15) is 4.98 Å². The van der Waals surface area contributed by atoms with Crippen LogP contribution < -0.4 is 20.1 Å². The van der Waals surface area contributed by atoms with Gasteiger partial charge in [0.2, 0.25) is 16.0 Å². The third kappa shape index (κ3) is 4.77. The van der Waals surface area contributed by atoms with Gasteiger partial charge in [-0.1, -0.05) is 6.07 Å². The number of methoxy groups -OCH3 is 2. The van der Waals surface area contributed by atoms with Gasteiger partial charge in [0.1, 0.15) is 5.82 Å². The summed E-state index contributed by atoms with van der Waals surface area (Å²) in [6, 6.07) is 9.41. The van der Waals surface area contributed by atoms with Crippen molar-refractivity contribution in [3.63, 3.8) is 0 Å². The molecule has 1 saturated heterocycles. The first-order valence-electron chi connectivity index (χ1n) is 11.9. The van der Waals surface area contributed by atoms with E-state index < -0.39 is 15.3 Å². The predicted octanol–water partition coefficient (Wildman–Crippen LogP) is 2.83. The molecule has 1 aromatic carbocycles. The zero-order chi connectivity index (χ0) is 26.1. The zero-order valence-electron chi connectivity index (χ0n) is 21.4. The number of nitrogens with two attached hydrogens (primary N) is 1. The van der Waals surface area contributed by atoms with E-state index in [0.29, 0.717) is 66.6 Å². The van der Waals surface area contributed by atoms with Gasteiger partial charge in [0.15, 0.2) is 11.5 Å². The number of rotatable bonds is 8. The minimum absolute atomic E-state index is 0.340. The highest BCUT2D eigenvalue weighted by Gasteiger charge is 2.42. The lowest BCUT2D eigenvalue weighted by Gasteiger charge is -2.43. The van der Waals surface area contributed by atoms with Gasteiger partial charge in [-0.15, -0.1) is 0 Å². The Hall–Kier alpha value is -3.18. The summed E-state index contributed by atoms with van der Waals surface area (Å²) in [5, 5.41) is 0.226. The summed E-state index contributed by atoms with van der Waals surface area (Å²) >= 11 is 0. The Morgan fingerprint density at radius 2 is 1.78 bits per heavy atom. The summed E-state index contributed by atoms with van der Waals surface area (Å²) in [5.74, 6) is 1.92. The molecule has 194 valence electrons. The number of pyridine rings is 1. The molecule has 0 saturated carbocycles. The molecule has 2 aromatic heterocycles. The Balaban J connectivity index is 1.67. The van der Waals surface area contributed by atoms with Crippen LogP contribution in [0.3, 0.4) is 0 Å². The Bertz CT molecular complexity index is 1330. The third-order valence-corrected chi connectivity index (χ3v) is 9.22. The van der Waals surface area contributed by atoms with Crippen LogP contribution in [0.1, 0.15) is 32.4 Å². The number of aromatic nitrogens is 3. The normalized spacial score (nSPS) is 16.3. The van der Waals surface area contributed by atoms with Gasteiger partial charge in [-0.3, -0.25) is 4.98 Å². The zero-order valence-corrected chi connectivity index (χ0v) is 22.2. The lowest BCUT2D eigenvalue weighted by molar-refractivity contribution is 0.230. The SMILES string of the molecule is COc1cc2nc(N(C)CC3(c4ccccn4)CCN(S(=O)(=O)C(C)C)CC3)nc(N)c2cc1OC. The number of fused-ring (bicyclic) bond motifs is 1. The number of piperidine rings is 1. The fourth-order valence-electron chi connectivity index (χ4n) is 4.80. The van der Waals surface area contributed by atoms with E-state index >= 15 is 0 Å². The molecule has 0 unspecified atom stereocenters. The maximum absolute atomic E-state index is 12.8. The van der Waals surface area contributed by atoms with Crippen molar-refractivity contribution in [1.29, 1.82) is 0 Å². The summed E-state index contributed by atoms with van der Waals surface area (Å²) in [6.07, 6.45) is 3.04. The molecule has 3 heterocycles. The van der Waals surface area contributed by atoms with Gasteiger partial charge < -0.3 is 20.1 Å². The number of nitrogens with zero attached hydrogens (tertiary/aromatic N) is 5. The van der Waals surface area contributed by atoms with Crippen molar-refractivity contribution >= 4 is 32.7 Å². The molecule has 36 heavy (non-hydrogen) atoms. The van der Waals surface area contributed by atoms with E-state index in [4.69, 9.17) is 20.2 Å². The number of benzene rings is 1. The van der Waals surface area contributed by atoms with Gasteiger partial charge in [-0.25, -0.2) is 17.7 Å². The summed E-state index contributed by atoms with van der Waals surface area (Å²) in [6.45, 7) is 4.86. The van der Waals surface area contributed by atoms with Crippen LogP contribution in [0.4, 0.5) is 11.8 Å². The summed E-state index contributed by atoms with van der Waals surface area (Å²) in [4.78, 5) is 16.0. The van der Waals surface area contributed by atoms with Crippen molar-refractivity contribution in [2.45, 2.75) is 37.4 Å². The first-order valence-corrected chi connectivity index (χ1v) is 13.4. The second-order valence-electron chi connectivity index (χ2n) is 9.48. The van der Waals surface area contributed by atoms with E-state index in [2.05, 4.69) is 9.97 Å². The number of nitrogen functional groups attached to an aromatic ring is 1. The molecule has 2 N–H and O–H groups in total. The number of hydrogen-bond donors (Lipinski definition) is 1. The minimum atomic E-state index is -3.32. The Morgan fingerprint density at radius 3 is 2.36 bits per heavy atom. The van der Waals surface area contributed by atoms with Crippen LogP contribution in [-0.2, 0) is 15.4 Å². The fraction of sp³-hybridized carbons (Fsp3) is 0.480. The van der Waals surface area contributed by atoms with Gasteiger partial charge in [0, 0.05) is 55.4 Å². The molecule has 0 amide bonds. The molecule has 1 aliphatic heterocycles. The molecule has 0 bridgehead atoms. The average molecular weight is 515 g/mol. The first-order chi connectivity index (χ1) is 17.1. The predicted molar refractivity (Wildman–Crippen MR) is 141 cm³/mol. The first kappa shape index (κ1) is 25.9. The number of ether oxygens (including phenoxy) is 2. The lowest BCUT2D eigenvalue weighted by atomic mass is 9.75. The van der Waals surface area contributed by atoms with Gasteiger partial charge >= 0.3 is 0 Å². The summed E-state index contributed by atoms with van der Waals surface area (Å²) in [7, 11) is 1.74. The second kappa shape index (κ2) is 10.1. The van der Waals surface area contributed by atoms with Crippen LogP contribution in [0.25, 0.3) is 10.9 Å². The monoisotopic (exact) mass is 514 g/mol. The number of sulfonamides is 1. The molecule has 4 rings (SSSR count). The van der Waals surface area contributed by atoms with E-state index in [1.165, 1.54) is 0 Å². The maximum atomic E-state index is 12.8. The lowest BCUT2D eigenvalue weighted by Crippen LogP contribution is -2.51. The van der Waals surface area contributed by atoms with E-state index in [-0.39, 0.29) is 5.41 Å². The van der Waals surface area contributed by atoms with Crippen molar-refractivity contribution in [2.24, 2.45) is 0 Å². The number of likely N-dealkylation sites (N-methyl/N-ethyl adjacent to an activating group) is 1. The molecule has 1 fully saturated rings. The van der Waals surface area contributed by atoms with Crippen molar-refractivity contribution in [3.8, 4) is 11.5 Å². The third-order valence-electron chi connectivity index (χ3n) is 6.94. The van der Waals surface area contributed by atoms with E-state index in [1.54, 1.807) is 50.7 Å². The molecule has 1 aliphatic rings. The van der Waals surface area contributed by atoms with Crippen molar-refractivity contribution in [2.75, 3.05) is 51.5 Å². The van der Waals surface area contributed by atoms with Crippen LogP contribution in [0, 0.1) is 0 Å². The average Bonchev–Trinajstić information content (AvgIpc) is 2.88. The fourth-order valence-corrected chi connectivity index (χ4v) is 6.09. The Morgan fingerprint density at radius 1 is 1.11 bits per heavy atom. The van der Waals surface area contributed by atoms with Crippen LogP contribution in [0.5, 0.6) is 11.5 Å². The highest BCUT2D eigenvalue weighted by molar-refractivity contribution is 7.89. The molecule has 11 heteroatoms. The smallest absolute Gasteiger partial charge is 0.227 e. The van der Waals surface area contributed by atoms with Crippen molar-refractivity contribution < 1.29 is 17.9 Å². The van der Waals surface area contributed by atoms with Crippen molar-refractivity contribution in [1.82, 2.24) is 19.3 Å². The molecule has 0 radical (unpaired) electrons. The molecule has 0 atom stereocenters. The minimum Gasteiger partial charge on any atom is -0.493 e. The van der Waals surface area contributed by atoms with E-state index in [0.717, 1.165) is 5.69 Å². The van der Waals surface area contributed by atoms with Gasteiger partial charge in [0.05, 0.1) is 25.0 Å². The standard InChI is InChI=1S/C25H34N6O4S/c1-17(2)36(32,33)31-12-9-25(10-13-31,22-8-6-7-11-27-22)16-30(3)24-28-19-15-21(35-5)20(34-4)14-18(19)23(26)29-24/h6-8,11,14-15,17H,9-10,12-13,16H2,1-5H3,(H2,26,28,29). The van der Waals surface area contributed by atoms with Crippen LogP contribution in [-0.4, -0.2) is 73.8 Å². The van der Waals surface area contributed by atoms with Crippen LogP contribution in [0.15, 0.2) is 36.5 Å².